The number of hydrogen-bond acceptors (Lipinski definition) is 4. The molecule has 4 rings (SSSR count). The van der Waals surface area contributed by atoms with Crippen LogP contribution in [0.4, 0.5) is 0 Å². The van der Waals surface area contributed by atoms with E-state index >= 15 is 0 Å². The van der Waals surface area contributed by atoms with Crippen molar-refractivity contribution < 1.29 is 14.3 Å². The molecule has 1 aliphatic rings. The van der Waals surface area contributed by atoms with Gasteiger partial charge < -0.3 is 9.64 Å². The van der Waals surface area contributed by atoms with Gasteiger partial charge in [-0.15, -0.1) is 11.8 Å². The van der Waals surface area contributed by atoms with Gasteiger partial charge in [0.25, 0.3) is 0 Å². The van der Waals surface area contributed by atoms with Crippen LogP contribution in [0.25, 0.3) is 0 Å². The molecule has 34 heavy (non-hydrogen) atoms. The molecule has 0 aromatic heterocycles. The first-order chi connectivity index (χ1) is 16.4. The molecular weight excluding hydrogens is 466 g/mol. The number of allylic oxidation sites excluding steroid dienone is 1. The van der Waals surface area contributed by atoms with Crippen LogP contribution >= 0.6 is 23.4 Å². The SMILES string of the molecule is CCOC(=O)C1=C(C)N(Cc2ccccc2)C(=O)[C@@]1(Cc1cccc(Cl)c1)Sc1ccccc1. The van der Waals surface area contributed by atoms with Crippen molar-refractivity contribution in [2.45, 2.75) is 36.5 Å². The Balaban J connectivity index is 1.86. The minimum absolute atomic E-state index is 0.134. The van der Waals surface area contributed by atoms with Gasteiger partial charge in [-0.2, -0.15) is 0 Å². The fraction of sp³-hybridized carbons (Fsp3) is 0.214. The van der Waals surface area contributed by atoms with E-state index in [-0.39, 0.29) is 12.5 Å². The van der Waals surface area contributed by atoms with E-state index in [1.807, 2.05) is 85.8 Å². The highest BCUT2D eigenvalue weighted by Crippen LogP contribution is 2.49. The third-order valence-electron chi connectivity index (χ3n) is 5.80. The Hall–Kier alpha value is -3.02. The Kier molecular flexibility index (Phi) is 7.44. The van der Waals surface area contributed by atoms with E-state index < -0.39 is 10.7 Å². The number of amides is 1. The van der Waals surface area contributed by atoms with Gasteiger partial charge in [-0.05, 0) is 49.2 Å². The highest BCUT2D eigenvalue weighted by molar-refractivity contribution is 8.01. The zero-order valence-corrected chi connectivity index (χ0v) is 20.7. The van der Waals surface area contributed by atoms with Crippen molar-refractivity contribution in [1.29, 1.82) is 0 Å². The van der Waals surface area contributed by atoms with E-state index in [4.69, 9.17) is 16.3 Å². The van der Waals surface area contributed by atoms with Gasteiger partial charge in [-0.1, -0.05) is 72.3 Å². The van der Waals surface area contributed by atoms with Gasteiger partial charge in [-0.3, -0.25) is 4.79 Å². The third-order valence-corrected chi connectivity index (χ3v) is 7.42. The average Bonchev–Trinajstić information content (AvgIpc) is 3.01. The van der Waals surface area contributed by atoms with E-state index in [0.29, 0.717) is 29.3 Å². The lowest BCUT2D eigenvalue weighted by atomic mass is 9.91. The molecule has 1 heterocycles. The molecule has 1 atom stereocenters. The van der Waals surface area contributed by atoms with Crippen molar-refractivity contribution in [3.05, 3.63) is 112 Å². The van der Waals surface area contributed by atoms with Crippen molar-refractivity contribution >= 4 is 35.2 Å². The van der Waals surface area contributed by atoms with Gasteiger partial charge in [0.1, 0.15) is 4.75 Å². The number of hydrogen-bond donors (Lipinski definition) is 0. The van der Waals surface area contributed by atoms with Crippen LogP contribution in [-0.2, 0) is 27.3 Å². The standard InChI is InChI=1S/C28H26ClNO3S/c1-3-33-26(31)25-20(2)30(19-21-11-6-4-7-12-21)27(32)28(25,34-24-15-8-5-9-16-24)18-22-13-10-14-23(29)17-22/h4-17H,3,18-19H2,1-2H3/t28-/m0/s1. The molecule has 0 aliphatic carbocycles. The molecule has 3 aromatic carbocycles. The molecule has 0 bridgehead atoms. The largest absolute Gasteiger partial charge is 0.463 e. The van der Waals surface area contributed by atoms with Gasteiger partial charge in [0.2, 0.25) is 5.91 Å². The van der Waals surface area contributed by atoms with E-state index in [9.17, 15) is 9.59 Å². The van der Waals surface area contributed by atoms with Gasteiger partial charge >= 0.3 is 5.97 Å². The second-order valence-electron chi connectivity index (χ2n) is 8.11. The Morgan fingerprint density at radius 3 is 2.26 bits per heavy atom. The first-order valence-corrected chi connectivity index (χ1v) is 12.4. The number of ether oxygens (including phenoxy) is 1. The number of benzene rings is 3. The number of thioether (sulfide) groups is 1. The number of carbonyl (C=O) groups excluding carboxylic acids is 2. The van der Waals surface area contributed by atoms with E-state index in [2.05, 4.69) is 0 Å². The van der Waals surface area contributed by atoms with Crippen molar-refractivity contribution in [1.82, 2.24) is 4.90 Å². The summed E-state index contributed by atoms with van der Waals surface area (Å²) in [5.74, 6) is -0.597. The molecule has 0 saturated heterocycles. The third kappa shape index (κ3) is 4.91. The zero-order chi connectivity index (χ0) is 24.1. The zero-order valence-electron chi connectivity index (χ0n) is 19.2. The van der Waals surface area contributed by atoms with Crippen LogP contribution in [0.15, 0.2) is 101 Å². The first kappa shape index (κ1) is 24.1. The van der Waals surface area contributed by atoms with Crippen LogP contribution in [0.5, 0.6) is 0 Å². The topological polar surface area (TPSA) is 46.6 Å². The molecular formula is C28H26ClNO3S. The molecule has 0 N–H and O–H groups in total. The highest BCUT2D eigenvalue weighted by Gasteiger charge is 2.55. The maximum Gasteiger partial charge on any atom is 0.337 e. The van der Waals surface area contributed by atoms with Gasteiger partial charge in [0, 0.05) is 22.0 Å². The summed E-state index contributed by atoms with van der Waals surface area (Å²) in [6.07, 6.45) is 0.308. The predicted octanol–water partition coefficient (Wildman–Crippen LogP) is 6.29. The van der Waals surface area contributed by atoms with Crippen molar-refractivity contribution in [3.8, 4) is 0 Å². The summed E-state index contributed by atoms with van der Waals surface area (Å²) >= 11 is 7.67. The molecule has 0 unspecified atom stereocenters. The Labute approximate surface area is 209 Å². The lowest BCUT2D eigenvalue weighted by Crippen LogP contribution is -2.43. The maximum absolute atomic E-state index is 14.3. The van der Waals surface area contributed by atoms with Crippen LogP contribution in [-0.4, -0.2) is 28.1 Å². The number of rotatable bonds is 8. The molecule has 6 heteroatoms. The minimum atomic E-state index is -1.18. The Morgan fingerprint density at radius 2 is 1.62 bits per heavy atom. The van der Waals surface area contributed by atoms with Crippen molar-refractivity contribution in [3.63, 3.8) is 0 Å². The number of nitrogens with zero attached hydrogens (tertiary/aromatic N) is 1. The van der Waals surface area contributed by atoms with Crippen LogP contribution in [0.1, 0.15) is 25.0 Å². The molecule has 0 fully saturated rings. The normalized spacial score (nSPS) is 17.9. The molecule has 0 saturated carbocycles. The van der Waals surface area contributed by atoms with Crippen molar-refractivity contribution in [2.75, 3.05) is 6.61 Å². The maximum atomic E-state index is 14.3. The van der Waals surface area contributed by atoms with E-state index in [1.165, 1.54) is 11.8 Å². The minimum Gasteiger partial charge on any atom is -0.463 e. The number of halogens is 1. The number of esters is 1. The molecule has 1 amide bonds. The monoisotopic (exact) mass is 491 g/mol. The summed E-state index contributed by atoms with van der Waals surface area (Å²) in [5, 5.41) is 0.585. The van der Waals surface area contributed by atoms with Gasteiger partial charge in [0.15, 0.2) is 0 Å². The van der Waals surface area contributed by atoms with E-state index in [1.54, 1.807) is 17.9 Å². The predicted molar refractivity (Wildman–Crippen MR) is 137 cm³/mol. The van der Waals surface area contributed by atoms with Gasteiger partial charge in [0.05, 0.1) is 18.7 Å². The quantitative estimate of drug-likeness (QED) is 0.347. The number of carbonyl (C=O) groups is 2. The summed E-state index contributed by atoms with van der Waals surface area (Å²) < 4.78 is 4.30. The Morgan fingerprint density at radius 1 is 0.971 bits per heavy atom. The molecule has 4 nitrogen and oxygen atoms in total. The summed E-state index contributed by atoms with van der Waals surface area (Å²) in [5.41, 5.74) is 2.88. The molecule has 3 aromatic rings. The molecule has 174 valence electrons. The lowest BCUT2D eigenvalue weighted by Gasteiger charge is -2.30. The lowest BCUT2D eigenvalue weighted by molar-refractivity contribution is -0.140. The Bertz CT molecular complexity index is 1210. The summed E-state index contributed by atoms with van der Waals surface area (Å²) in [7, 11) is 0. The fourth-order valence-corrected chi connectivity index (χ4v) is 5.97. The summed E-state index contributed by atoms with van der Waals surface area (Å²) in [6.45, 7) is 4.21. The van der Waals surface area contributed by atoms with Crippen LogP contribution in [0, 0.1) is 0 Å². The average molecular weight is 492 g/mol. The molecule has 1 aliphatic heterocycles. The highest BCUT2D eigenvalue weighted by atomic mass is 35.5. The summed E-state index contributed by atoms with van der Waals surface area (Å²) in [4.78, 5) is 30.2. The van der Waals surface area contributed by atoms with Crippen LogP contribution < -0.4 is 0 Å². The van der Waals surface area contributed by atoms with Crippen LogP contribution in [0.3, 0.4) is 0 Å². The second kappa shape index (κ2) is 10.5. The van der Waals surface area contributed by atoms with Gasteiger partial charge in [-0.25, -0.2) is 4.79 Å². The van der Waals surface area contributed by atoms with Crippen LogP contribution in [0.2, 0.25) is 5.02 Å². The first-order valence-electron chi connectivity index (χ1n) is 11.2. The second-order valence-corrected chi connectivity index (χ2v) is 9.92. The van der Waals surface area contributed by atoms with E-state index in [0.717, 1.165) is 16.0 Å². The molecule has 0 spiro atoms. The van der Waals surface area contributed by atoms with Crippen molar-refractivity contribution in [2.24, 2.45) is 0 Å². The fourth-order valence-electron chi connectivity index (χ4n) is 4.30. The smallest absolute Gasteiger partial charge is 0.337 e. The summed E-state index contributed by atoms with van der Waals surface area (Å²) in [6, 6.07) is 26.9. The molecule has 0 radical (unpaired) electrons.